The molecule has 56 heavy (non-hydrogen) atoms. The van der Waals surface area contributed by atoms with Gasteiger partial charge in [-0.2, -0.15) is 0 Å². The van der Waals surface area contributed by atoms with Crippen molar-refractivity contribution in [2.75, 3.05) is 41.5 Å². The molecule has 0 bridgehead atoms. The van der Waals surface area contributed by atoms with Gasteiger partial charge in [-0.1, -0.05) is 48.5 Å². The van der Waals surface area contributed by atoms with E-state index in [1.165, 1.54) is 28.4 Å². The third-order valence-electron chi connectivity index (χ3n) is 11.0. The number of ether oxygens (including phenoxy) is 4. The van der Waals surface area contributed by atoms with Crippen LogP contribution in [0.15, 0.2) is 66.9 Å². The van der Waals surface area contributed by atoms with E-state index in [0.717, 1.165) is 65.0 Å². The third kappa shape index (κ3) is 8.82. The monoisotopic (exact) mass is 771 g/mol. The van der Waals surface area contributed by atoms with Crippen LogP contribution in [0.4, 0.5) is 4.79 Å². The van der Waals surface area contributed by atoms with Gasteiger partial charge in [0.1, 0.15) is 17.9 Å². The van der Waals surface area contributed by atoms with E-state index in [1.807, 2.05) is 29.2 Å². The van der Waals surface area contributed by atoms with Gasteiger partial charge in [-0.25, -0.2) is 9.78 Å². The summed E-state index contributed by atoms with van der Waals surface area (Å²) >= 11 is 0. The first kappa shape index (κ1) is 40.6. The van der Waals surface area contributed by atoms with Crippen LogP contribution in [0.2, 0.25) is 0 Å². The van der Waals surface area contributed by atoms with E-state index >= 15 is 0 Å². The van der Waals surface area contributed by atoms with Crippen molar-refractivity contribution < 1.29 is 38.4 Å². The molecule has 0 saturated carbocycles. The lowest BCUT2D eigenvalue weighted by atomic mass is 10.0. The molecule has 15 nitrogen and oxygen atoms in total. The van der Waals surface area contributed by atoms with Crippen LogP contribution >= 0.6 is 0 Å². The smallest absolute Gasteiger partial charge is 0.407 e. The van der Waals surface area contributed by atoms with E-state index in [-0.39, 0.29) is 23.9 Å². The summed E-state index contributed by atoms with van der Waals surface area (Å²) in [4.78, 5) is 54.5. The van der Waals surface area contributed by atoms with Crippen molar-refractivity contribution in [3.8, 4) is 33.6 Å². The maximum atomic E-state index is 13.7. The highest BCUT2D eigenvalue weighted by Gasteiger charge is 2.40. The van der Waals surface area contributed by atoms with Crippen molar-refractivity contribution in [2.45, 2.75) is 82.3 Å². The minimum absolute atomic E-state index is 0.125. The fourth-order valence-corrected chi connectivity index (χ4v) is 7.60. The van der Waals surface area contributed by atoms with Crippen molar-refractivity contribution >= 4 is 17.9 Å². The van der Waals surface area contributed by atoms with Gasteiger partial charge in [0.05, 0.1) is 43.3 Å². The molecule has 4 heterocycles. The standard InChI is InChI=1S/C41H53N7O8/c1-24(53-3)35(45-40(51)55-5)38(49)47-21-7-9-33(47)31-20-19-30(43-31)28-15-11-26(12-16-28)27-13-17-29(18-14-27)32-23-42-37(44-32)34-10-8-22-48(34)39(50)36(25(2)54-4)46-41(52)56-6/h11-20,23-25,33-36,40,43,45,51H,7-10,21-22H2,1-6H3,(H,42,44)(H,46,52)/t24-,25-,33?,34+,35+,36+,40?/m1/s1. The summed E-state index contributed by atoms with van der Waals surface area (Å²) in [6.07, 6.45) is 2.03. The maximum absolute atomic E-state index is 13.7. The Labute approximate surface area is 327 Å². The number of hydrogen-bond acceptors (Lipinski definition) is 10. The highest BCUT2D eigenvalue weighted by Crippen LogP contribution is 2.35. The van der Waals surface area contributed by atoms with Crippen molar-refractivity contribution in [3.63, 3.8) is 0 Å². The van der Waals surface area contributed by atoms with Gasteiger partial charge in [0.15, 0.2) is 0 Å². The molecule has 3 amide bonds. The van der Waals surface area contributed by atoms with E-state index in [1.54, 1.807) is 24.9 Å². The molecular formula is C41H53N7O8. The van der Waals surface area contributed by atoms with Crippen LogP contribution in [0.5, 0.6) is 0 Å². The molecule has 0 radical (unpaired) electrons. The number of hydrogen-bond donors (Lipinski definition) is 5. The van der Waals surface area contributed by atoms with Crippen molar-refractivity contribution in [3.05, 3.63) is 78.4 Å². The van der Waals surface area contributed by atoms with Crippen molar-refractivity contribution in [1.82, 2.24) is 35.4 Å². The largest absolute Gasteiger partial charge is 0.453 e. The van der Waals surface area contributed by atoms with Gasteiger partial charge in [0, 0.05) is 45.8 Å². The predicted octanol–water partition coefficient (Wildman–Crippen LogP) is 4.74. The van der Waals surface area contributed by atoms with E-state index in [9.17, 15) is 19.5 Å². The van der Waals surface area contributed by atoms with Crippen molar-refractivity contribution in [2.24, 2.45) is 0 Å². The van der Waals surface area contributed by atoms with E-state index in [4.69, 9.17) is 18.9 Å². The molecule has 2 aliphatic heterocycles. The number of alkyl carbamates (subject to hydrolysis) is 1. The Kier molecular flexibility index (Phi) is 13.2. The fraction of sp³-hybridized carbons (Fsp3) is 0.463. The Hall–Kier alpha value is -5.06. The van der Waals surface area contributed by atoms with Gasteiger partial charge in [0.25, 0.3) is 0 Å². The first-order chi connectivity index (χ1) is 27.1. The van der Waals surface area contributed by atoms with Crippen LogP contribution in [-0.2, 0) is 28.5 Å². The van der Waals surface area contributed by atoms with Crippen LogP contribution in [0.3, 0.4) is 0 Å². The number of carbonyl (C=O) groups is 3. The molecule has 0 aliphatic carbocycles. The number of aliphatic hydroxyl groups is 1. The highest BCUT2D eigenvalue weighted by molar-refractivity contribution is 5.87. The lowest BCUT2D eigenvalue weighted by Gasteiger charge is -2.32. The van der Waals surface area contributed by atoms with Gasteiger partial charge in [0.2, 0.25) is 18.2 Å². The van der Waals surface area contributed by atoms with Gasteiger partial charge < -0.3 is 49.1 Å². The minimum Gasteiger partial charge on any atom is -0.453 e. The molecule has 2 aliphatic rings. The highest BCUT2D eigenvalue weighted by atomic mass is 16.6. The van der Waals surface area contributed by atoms with Crippen LogP contribution in [0.1, 0.15) is 63.1 Å². The average Bonchev–Trinajstić information content (AvgIpc) is 4.08. The molecule has 2 fully saturated rings. The quantitative estimate of drug-likeness (QED) is 0.106. The summed E-state index contributed by atoms with van der Waals surface area (Å²) in [5.74, 6) is 0.294. The number of amides is 3. The third-order valence-corrected chi connectivity index (χ3v) is 11.0. The molecule has 2 aromatic carbocycles. The molecule has 2 unspecified atom stereocenters. The number of carbonyl (C=O) groups excluding carboxylic acids is 3. The topological polar surface area (TPSA) is 183 Å². The van der Waals surface area contributed by atoms with Crippen LogP contribution in [0.25, 0.3) is 33.6 Å². The number of aromatic nitrogens is 3. The van der Waals surface area contributed by atoms with E-state index in [0.29, 0.717) is 18.9 Å². The number of aliphatic hydroxyl groups excluding tert-OH is 1. The normalized spacial score (nSPS) is 19.7. The van der Waals surface area contributed by atoms with E-state index < -0.39 is 36.8 Å². The van der Waals surface area contributed by atoms with Gasteiger partial charge >= 0.3 is 6.09 Å². The van der Waals surface area contributed by atoms with Crippen molar-refractivity contribution in [1.29, 1.82) is 0 Å². The zero-order valence-electron chi connectivity index (χ0n) is 32.8. The minimum atomic E-state index is -1.29. The Balaban J connectivity index is 1.11. The van der Waals surface area contributed by atoms with Crippen LogP contribution in [-0.4, -0.2) is 120 Å². The molecule has 15 heteroatoms. The number of aromatic amines is 2. The number of likely N-dealkylation sites (tertiary alicyclic amines) is 2. The summed E-state index contributed by atoms with van der Waals surface area (Å²) in [7, 11) is 5.66. The number of nitrogens with zero attached hydrogens (tertiary/aromatic N) is 3. The number of imidazole rings is 1. The van der Waals surface area contributed by atoms with Crippen LogP contribution in [0, 0.1) is 0 Å². The first-order valence-corrected chi connectivity index (χ1v) is 19.0. The summed E-state index contributed by atoms with van der Waals surface area (Å²) < 4.78 is 20.5. The second-order valence-corrected chi connectivity index (χ2v) is 14.3. The van der Waals surface area contributed by atoms with Gasteiger partial charge in [-0.15, -0.1) is 0 Å². The molecule has 6 rings (SSSR count). The lowest BCUT2D eigenvalue weighted by molar-refractivity contribution is -0.148. The molecule has 7 atom stereocenters. The Morgan fingerprint density at radius 2 is 1.25 bits per heavy atom. The Morgan fingerprint density at radius 3 is 1.84 bits per heavy atom. The zero-order valence-corrected chi connectivity index (χ0v) is 32.8. The molecule has 300 valence electrons. The molecule has 0 spiro atoms. The van der Waals surface area contributed by atoms with E-state index in [2.05, 4.69) is 62.0 Å². The zero-order chi connectivity index (χ0) is 39.9. The average molecular weight is 772 g/mol. The van der Waals surface area contributed by atoms with Gasteiger partial charge in [-0.3, -0.25) is 14.9 Å². The Bertz CT molecular complexity index is 1930. The van der Waals surface area contributed by atoms with Gasteiger partial charge in [-0.05, 0) is 73.9 Å². The number of nitrogens with one attached hydrogen (secondary N) is 4. The SMILES string of the molecule is COC(=O)N[C@H](C(=O)N1CCC[C@H]1c1ncc(-c2ccc(-c3ccc(-c4ccc(C5CCCN5C(=O)[C@@H](NC(O)OC)[C@@H](C)OC)[nH]4)cc3)cc2)[nH]1)[C@@H](C)OC. The predicted molar refractivity (Wildman–Crippen MR) is 209 cm³/mol. The number of methoxy groups -OCH3 is 4. The summed E-state index contributed by atoms with van der Waals surface area (Å²) in [5, 5.41) is 15.5. The lowest BCUT2D eigenvalue weighted by Crippen LogP contribution is -2.55. The van der Waals surface area contributed by atoms with Crippen LogP contribution < -0.4 is 10.6 Å². The Morgan fingerprint density at radius 1 is 0.714 bits per heavy atom. The number of H-pyrrole nitrogens is 2. The molecular weight excluding hydrogens is 718 g/mol. The number of benzene rings is 2. The fourth-order valence-electron chi connectivity index (χ4n) is 7.60. The second kappa shape index (κ2) is 18.3. The molecule has 4 aromatic rings. The summed E-state index contributed by atoms with van der Waals surface area (Å²) in [6, 6.07) is 18.6. The molecule has 5 N–H and O–H groups in total. The maximum Gasteiger partial charge on any atom is 0.407 e. The second-order valence-electron chi connectivity index (χ2n) is 14.3. The molecule has 2 aromatic heterocycles. The molecule has 2 saturated heterocycles. The summed E-state index contributed by atoms with van der Waals surface area (Å²) in [5.41, 5.74) is 6.86. The summed E-state index contributed by atoms with van der Waals surface area (Å²) in [6.45, 7) is 4.67. The number of rotatable bonds is 15. The first-order valence-electron chi connectivity index (χ1n) is 19.0.